The zero-order valence-corrected chi connectivity index (χ0v) is 18.4. The fourth-order valence-corrected chi connectivity index (χ4v) is 6.62. The van der Waals surface area contributed by atoms with Crippen molar-refractivity contribution < 1.29 is 21.6 Å². The van der Waals surface area contributed by atoms with E-state index in [2.05, 4.69) is 10.0 Å². The second-order valence-corrected chi connectivity index (χ2v) is 11.4. The molecular weight excluding hydrogens is 424 g/mol. The Kier molecular flexibility index (Phi) is 6.95. The number of nitrogens with one attached hydrogen (secondary N) is 2. The van der Waals surface area contributed by atoms with E-state index in [1.165, 1.54) is 18.2 Å². The van der Waals surface area contributed by atoms with Gasteiger partial charge in [0.15, 0.2) is 9.84 Å². The molecule has 2 atom stereocenters. The summed E-state index contributed by atoms with van der Waals surface area (Å²) >= 11 is 0. The van der Waals surface area contributed by atoms with Gasteiger partial charge < -0.3 is 5.32 Å². The van der Waals surface area contributed by atoms with Gasteiger partial charge in [-0.1, -0.05) is 43.3 Å². The molecule has 2 aromatic carbocycles. The number of amides is 1. The Hall–Kier alpha value is -2.23. The minimum Gasteiger partial charge on any atom is -0.351 e. The third-order valence-electron chi connectivity index (χ3n) is 5.23. The van der Waals surface area contributed by atoms with Crippen LogP contribution >= 0.6 is 0 Å². The molecule has 2 N–H and O–H groups in total. The first-order valence-corrected chi connectivity index (χ1v) is 13.2. The number of carbonyl (C=O) groups excluding carboxylic acids is 1. The number of hydrogen-bond donors (Lipinski definition) is 2. The Balaban J connectivity index is 1.67. The zero-order valence-electron chi connectivity index (χ0n) is 16.7. The SMILES string of the molecule is CC[C@H](CNC(=O)c1cccc(S(=O)(=O)N[C@@H]2CCS(=O)(=O)C2)c1)c1ccccc1. The van der Waals surface area contributed by atoms with E-state index in [0.717, 1.165) is 12.0 Å². The van der Waals surface area contributed by atoms with Crippen LogP contribution in [0.4, 0.5) is 0 Å². The van der Waals surface area contributed by atoms with Crippen molar-refractivity contribution in [3.63, 3.8) is 0 Å². The topological polar surface area (TPSA) is 109 Å². The lowest BCUT2D eigenvalue weighted by Gasteiger charge is -2.16. The standard InChI is InChI=1S/C21H26N2O5S2/c1-2-16(17-7-4-3-5-8-17)14-22-21(24)18-9-6-10-20(13-18)30(27,28)23-19-11-12-29(25,26)15-19/h3-10,13,16,19,23H,2,11-12,14-15H2,1H3,(H,22,24)/t16-,19-/m1/s1. The Morgan fingerprint density at radius 1 is 1.13 bits per heavy atom. The average Bonchev–Trinajstić information content (AvgIpc) is 3.06. The zero-order chi connectivity index (χ0) is 21.8. The van der Waals surface area contributed by atoms with Crippen LogP contribution in [0.15, 0.2) is 59.5 Å². The summed E-state index contributed by atoms with van der Waals surface area (Å²) in [7, 11) is -7.13. The first-order valence-electron chi connectivity index (χ1n) is 9.86. The summed E-state index contributed by atoms with van der Waals surface area (Å²) in [6, 6.07) is 15.0. The molecule has 0 bridgehead atoms. The Morgan fingerprint density at radius 2 is 1.87 bits per heavy atom. The van der Waals surface area contributed by atoms with Crippen LogP contribution in [0.3, 0.4) is 0 Å². The summed E-state index contributed by atoms with van der Waals surface area (Å²) in [4.78, 5) is 12.5. The van der Waals surface area contributed by atoms with Gasteiger partial charge in [0.25, 0.3) is 5.91 Å². The normalized spacial score (nSPS) is 19.3. The van der Waals surface area contributed by atoms with Crippen molar-refractivity contribution in [2.45, 2.75) is 36.6 Å². The number of sulfonamides is 1. The van der Waals surface area contributed by atoms with Gasteiger partial charge in [0.2, 0.25) is 10.0 Å². The summed E-state index contributed by atoms with van der Waals surface area (Å²) in [6.07, 6.45) is 1.10. The largest absolute Gasteiger partial charge is 0.351 e. The summed E-state index contributed by atoms with van der Waals surface area (Å²) in [5, 5.41) is 2.88. The quantitative estimate of drug-likeness (QED) is 0.640. The van der Waals surface area contributed by atoms with Crippen molar-refractivity contribution >= 4 is 25.8 Å². The van der Waals surface area contributed by atoms with Gasteiger partial charge in [-0.2, -0.15) is 0 Å². The molecule has 30 heavy (non-hydrogen) atoms. The lowest BCUT2D eigenvalue weighted by atomic mass is 9.96. The van der Waals surface area contributed by atoms with E-state index in [1.54, 1.807) is 6.07 Å². The van der Waals surface area contributed by atoms with E-state index < -0.39 is 25.9 Å². The van der Waals surface area contributed by atoms with Crippen molar-refractivity contribution in [2.24, 2.45) is 0 Å². The Labute approximate surface area is 177 Å². The Morgan fingerprint density at radius 3 is 2.50 bits per heavy atom. The molecule has 0 aromatic heterocycles. The summed E-state index contributed by atoms with van der Waals surface area (Å²) < 4.78 is 50.8. The molecule has 0 spiro atoms. The summed E-state index contributed by atoms with van der Waals surface area (Å²) in [6.45, 7) is 2.49. The minimum atomic E-state index is -3.92. The van der Waals surface area contributed by atoms with Crippen LogP contribution < -0.4 is 10.0 Å². The third-order valence-corrected chi connectivity index (χ3v) is 8.52. The minimum absolute atomic E-state index is 0.0252. The van der Waals surface area contributed by atoms with Gasteiger partial charge in [0, 0.05) is 24.1 Å². The van der Waals surface area contributed by atoms with Gasteiger partial charge in [-0.3, -0.25) is 4.79 Å². The molecule has 2 aromatic rings. The van der Waals surface area contributed by atoms with E-state index in [1.807, 2.05) is 37.3 Å². The monoisotopic (exact) mass is 450 g/mol. The Bertz CT molecular complexity index is 1100. The molecular formula is C21H26N2O5S2. The van der Waals surface area contributed by atoms with Gasteiger partial charge in [0.1, 0.15) is 0 Å². The number of hydrogen-bond acceptors (Lipinski definition) is 5. The predicted octanol–water partition coefficient (Wildman–Crippen LogP) is 2.08. The van der Waals surface area contributed by atoms with Gasteiger partial charge in [0.05, 0.1) is 16.4 Å². The smallest absolute Gasteiger partial charge is 0.251 e. The maximum Gasteiger partial charge on any atom is 0.251 e. The summed E-state index contributed by atoms with van der Waals surface area (Å²) in [5.74, 6) is -0.426. The molecule has 0 radical (unpaired) electrons. The van der Waals surface area contributed by atoms with Crippen molar-refractivity contribution in [1.29, 1.82) is 0 Å². The van der Waals surface area contributed by atoms with Crippen LogP contribution in [-0.4, -0.2) is 46.8 Å². The molecule has 1 aliphatic heterocycles. The van der Waals surface area contributed by atoms with Crippen LogP contribution in [0, 0.1) is 0 Å². The molecule has 162 valence electrons. The van der Waals surface area contributed by atoms with Crippen LogP contribution in [0.5, 0.6) is 0 Å². The van der Waals surface area contributed by atoms with Crippen LogP contribution in [0.1, 0.15) is 41.6 Å². The highest BCUT2D eigenvalue weighted by Crippen LogP contribution is 2.19. The van der Waals surface area contributed by atoms with E-state index >= 15 is 0 Å². The fourth-order valence-electron chi connectivity index (χ4n) is 3.52. The number of rotatable bonds is 8. The highest BCUT2D eigenvalue weighted by molar-refractivity contribution is 7.92. The van der Waals surface area contributed by atoms with Gasteiger partial charge in [-0.25, -0.2) is 21.6 Å². The van der Waals surface area contributed by atoms with Crippen molar-refractivity contribution in [1.82, 2.24) is 10.0 Å². The molecule has 9 heteroatoms. The molecule has 1 heterocycles. The molecule has 1 amide bonds. The molecule has 1 fully saturated rings. The lowest BCUT2D eigenvalue weighted by molar-refractivity contribution is 0.0950. The van der Waals surface area contributed by atoms with E-state index in [9.17, 15) is 21.6 Å². The number of carbonyl (C=O) groups is 1. The van der Waals surface area contributed by atoms with E-state index in [4.69, 9.17) is 0 Å². The molecule has 1 saturated heterocycles. The second kappa shape index (κ2) is 9.28. The van der Waals surface area contributed by atoms with Crippen LogP contribution in [-0.2, 0) is 19.9 Å². The van der Waals surface area contributed by atoms with Crippen molar-refractivity contribution in [2.75, 3.05) is 18.1 Å². The first kappa shape index (κ1) is 22.5. The average molecular weight is 451 g/mol. The fraction of sp³-hybridized carbons (Fsp3) is 0.381. The van der Waals surface area contributed by atoms with Gasteiger partial charge >= 0.3 is 0 Å². The second-order valence-electron chi connectivity index (χ2n) is 7.47. The van der Waals surface area contributed by atoms with Gasteiger partial charge in [-0.05, 0) is 36.6 Å². The molecule has 1 aliphatic rings. The van der Waals surface area contributed by atoms with Crippen LogP contribution in [0.2, 0.25) is 0 Å². The third kappa shape index (κ3) is 5.68. The maximum absolute atomic E-state index is 12.6. The maximum atomic E-state index is 12.6. The molecule has 3 rings (SSSR count). The van der Waals surface area contributed by atoms with Crippen molar-refractivity contribution in [3.8, 4) is 0 Å². The summed E-state index contributed by atoms with van der Waals surface area (Å²) in [5.41, 5.74) is 1.37. The molecule has 0 saturated carbocycles. The molecule has 0 aliphatic carbocycles. The highest BCUT2D eigenvalue weighted by Gasteiger charge is 2.31. The lowest BCUT2D eigenvalue weighted by Crippen LogP contribution is -2.35. The predicted molar refractivity (Wildman–Crippen MR) is 116 cm³/mol. The molecule has 0 unspecified atom stereocenters. The van der Waals surface area contributed by atoms with E-state index in [-0.39, 0.29) is 40.2 Å². The number of sulfone groups is 1. The molecule has 7 nitrogen and oxygen atoms in total. The van der Waals surface area contributed by atoms with Crippen molar-refractivity contribution in [3.05, 3.63) is 65.7 Å². The first-order chi connectivity index (χ1) is 14.2. The van der Waals surface area contributed by atoms with E-state index in [0.29, 0.717) is 6.54 Å². The number of benzene rings is 2. The highest BCUT2D eigenvalue weighted by atomic mass is 32.2. The van der Waals surface area contributed by atoms with Crippen LogP contribution in [0.25, 0.3) is 0 Å². The van der Waals surface area contributed by atoms with Gasteiger partial charge in [-0.15, -0.1) is 0 Å².